The van der Waals surface area contributed by atoms with Crippen LogP contribution in [0, 0.1) is 12.8 Å². The van der Waals surface area contributed by atoms with E-state index in [9.17, 15) is 4.79 Å². The van der Waals surface area contributed by atoms with Gasteiger partial charge in [0.15, 0.2) is 5.82 Å². The summed E-state index contributed by atoms with van der Waals surface area (Å²) in [4.78, 5) is 18.5. The summed E-state index contributed by atoms with van der Waals surface area (Å²) >= 11 is 1.70. The highest BCUT2D eigenvalue weighted by atomic mass is 32.1. The van der Waals surface area contributed by atoms with Gasteiger partial charge in [0, 0.05) is 30.6 Å². The molecular formula is C14H18N4O2S. The second-order valence-electron chi connectivity index (χ2n) is 5.39. The molecule has 1 aliphatic heterocycles. The lowest BCUT2D eigenvalue weighted by atomic mass is 10.1. The first-order valence-electron chi connectivity index (χ1n) is 7.03. The van der Waals surface area contributed by atoms with Crippen LogP contribution >= 0.6 is 11.3 Å². The van der Waals surface area contributed by atoms with Crippen molar-refractivity contribution in [3.05, 3.63) is 28.4 Å². The minimum atomic E-state index is -0.0433. The molecule has 0 radical (unpaired) electrons. The monoisotopic (exact) mass is 306 g/mol. The van der Waals surface area contributed by atoms with Crippen LogP contribution in [0.3, 0.4) is 0 Å². The molecule has 1 atom stereocenters. The fourth-order valence-corrected chi connectivity index (χ4v) is 3.37. The first-order chi connectivity index (χ1) is 10.2. The van der Waals surface area contributed by atoms with E-state index in [1.165, 1.54) is 5.01 Å². The minimum Gasteiger partial charge on any atom is -0.360 e. The molecule has 3 heterocycles. The number of amides is 1. The van der Waals surface area contributed by atoms with Gasteiger partial charge in [-0.2, -0.15) is 0 Å². The van der Waals surface area contributed by atoms with Gasteiger partial charge in [-0.3, -0.25) is 9.69 Å². The van der Waals surface area contributed by atoms with E-state index < -0.39 is 0 Å². The van der Waals surface area contributed by atoms with E-state index in [1.54, 1.807) is 24.3 Å². The van der Waals surface area contributed by atoms with Gasteiger partial charge < -0.3 is 9.84 Å². The molecule has 6 nitrogen and oxygen atoms in total. The number of anilines is 1. The zero-order chi connectivity index (χ0) is 14.7. The minimum absolute atomic E-state index is 0.0433. The van der Waals surface area contributed by atoms with Crippen molar-refractivity contribution in [3.63, 3.8) is 0 Å². The Kier molecular flexibility index (Phi) is 4.31. The molecule has 3 rings (SSSR count). The van der Waals surface area contributed by atoms with Gasteiger partial charge in [0.25, 0.3) is 0 Å². The standard InChI is InChI=1S/C14H18N4O2S/c1-10-6-12(17-20-10)16-13(19)9-18-4-2-11(8-18)7-14-15-3-5-21-14/h3,5-6,11H,2,4,7-9H2,1H3,(H,16,17,19). The number of hydrogen-bond acceptors (Lipinski definition) is 6. The van der Waals surface area contributed by atoms with Gasteiger partial charge in [-0.1, -0.05) is 5.16 Å². The number of nitrogens with one attached hydrogen (secondary N) is 1. The van der Waals surface area contributed by atoms with Crippen LogP contribution in [0.1, 0.15) is 17.2 Å². The number of aromatic nitrogens is 2. The van der Waals surface area contributed by atoms with Crippen molar-refractivity contribution >= 4 is 23.1 Å². The van der Waals surface area contributed by atoms with Crippen LogP contribution in [-0.4, -0.2) is 40.6 Å². The average Bonchev–Trinajstić information content (AvgIpc) is 3.15. The van der Waals surface area contributed by atoms with Gasteiger partial charge in [0.2, 0.25) is 5.91 Å². The fourth-order valence-electron chi connectivity index (χ4n) is 2.63. The van der Waals surface area contributed by atoms with Gasteiger partial charge in [-0.25, -0.2) is 4.98 Å². The van der Waals surface area contributed by atoms with Crippen LogP contribution in [0.5, 0.6) is 0 Å². The summed E-state index contributed by atoms with van der Waals surface area (Å²) < 4.78 is 4.93. The summed E-state index contributed by atoms with van der Waals surface area (Å²) in [5.74, 6) is 1.72. The maximum Gasteiger partial charge on any atom is 0.239 e. The number of rotatable bonds is 5. The molecule has 21 heavy (non-hydrogen) atoms. The third-order valence-electron chi connectivity index (χ3n) is 3.58. The molecule has 112 valence electrons. The van der Waals surface area contributed by atoms with Crippen LogP contribution in [-0.2, 0) is 11.2 Å². The van der Waals surface area contributed by atoms with E-state index >= 15 is 0 Å². The molecular weight excluding hydrogens is 288 g/mol. The quantitative estimate of drug-likeness (QED) is 0.914. The topological polar surface area (TPSA) is 71.3 Å². The van der Waals surface area contributed by atoms with Crippen LogP contribution in [0.25, 0.3) is 0 Å². The molecule has 1 saturated heterocycles. The molecule has 2 aromatic rings. The van der Waals surface area contributed by atoms with Crippen LogP contribution in [0.4, 0.5) is 5.82 Å². The number of thiazole rings is 1. The van der Waals surface area contributed by atoms with E-state index in [0.29, 0.717) is 24.0 Å². The number of aryl methyl sites for hydroxylation is 1. The van der Waals surface area contributed by atoms with Crippen LogP contribution < -0.4 is 5.32 Å². The summed E-state index contributed by atoms with van der Waals surface area (Å²) in [6.07, 6.45) is 3.98. The third kappa shape index (κ3) is 3.89. The third-order valence-corrected chi connectivity index (χ3v) is 4.38. The Bertz CT molecular complexity index is 596. The molecule has 7 heteroatoms. The maximum absolute atomic E-state index is 12.0. The van der Waals surface area contributed by atoms with E-state index in [4.69, 9.17) is 4.52 Å². The highest BCUT2D eigenvalue weighted by molar-refractivity contribution is 7.09. The molecule has 0 bridgehead atoms. The zero-order valence-electron chi connectivity index (χ0n) is 11.9. The molecule has 0 aromatic carbocycles. The fraction of sp³-hybridized carbons (Fsp3) is 0.500. The van der Waals surface area contributed by atoms with Crippen molar-refractivity contribution in [3.8, 4) is 0 Å². The molecule has 1 amide bonds. The Balaban J connectivity index is 1.44. The normalized spacial score (nSPS) is 19.0. The molecule has 1 fully saturated rings. The summed E-state index contributed by atoms with van der Waals surface area (Å²) in [5, 5.41) is 9.71. The predicted molar refractivity (Wildman–Crippen MR) is 80.2 cm³/mol. The lowest BCUT2D eigenvalue weighted by Crippen LogP contribution is -2.31. The molecule has 0 aliphatic carbocycles. The van der Waals surface area contributed by atoms with E-state index in [0.717, 1.165) is 25.9 Å². The lowest BCUT2D eigenvalue weighted by Gasteiger charge is -2.14. The second kappa shape index (κ2) is 6.36. The Morgan fingerprint density at radius 3 is 3.24 bits per heavy atom. The highest BCUT2D eigenvalue weighted by Gasteiger charge is 2.25. The highest BCUT2D eigenvalue weighted by Crippen LogP contribution is 2.21. The lowest BCUT2D eigenvalue weighted by molar-refractivity contribution is -0.117. The summed E-state index contributed by atoms with van der Waals surface area (Å²) in [6, 6.07) is 1.72. The van der Waals surface area contributed by atoms with Gasteiger partial charge in [-0.05, 0) is 25.8 Å². The number of carbonyl (C=O) groups is 1. The first kappa shape index (κ1) is 14.2. The van der Waals surface area contributed by atoms with Gasteiger partial charge >= 0.3 is 0 Å². The SMILES string of the molecule is Cc1cc(NC(=O)CN2CCC(Cc3nccs3)C2)no1. The molecule has 2 aromatic heterocycles. The number of nitrogens with zero attached hydrogens (tertiary/aromatic N) is 3. The number of likely N-dealkylation sites (tertiary alicyclic amines) is 1. The summed E-state index contributed by atoms with van der Waals surface area (Å²) in [7, 11) is 0. The Labute approximate surface area is 127 Å². The van der Waals surface area contributed by atoms with Gasteiger partial charge in [-0.15, -0.1) is 11.3 Å². The van der Waals surface area contributed by atoms with Crippen molar-refractivity contribution in [2.24, 2.45) is 5.92 Å². The van der Waals surface area contributed by atoms with E-state index in [1.807, 2.05) is 11.6 Å². The summed E-state index contributed by atoms with van der Waals surface area (Å²) in [5.41, 5.74) is 0. The number of hydrogen-bond donors (Lipinski definition) is 1. The smallest absolute Gasteiger partial charge is 0.239 e. The van der Waals surface area contributed by atoms with Crippen molar-refractivity contribution in [1.29, 1.82) is 0 Å². The first-order valence-corrected chi connectivity index (χ1v) is 7.91. The molecule has 1 unspecified atom stereocenters. The van der Waals surface area contributed by atoms with Gasteiger partial charge in [0.1, 0.15) is 5.76 Å². The zero-order valence-corrected chi connectivity index (χ0v) is 12.7. The maximum atomic E-state index is 12.0. The number of carbonyl (C=O) groups excluding carboxylic acids is 1. The van der Waals surface area contributed by atoms with Crippen molar-refractivity contribution < 1.29 is 9.32 Å². The Hall–Kier alpha value is -1.73. The van der Waals surface area contributed by atoms with Crippen LogP contribution in [0.2, 0.25) is 0 Å². The van der Waals surface area contributed by atoms with Crippen molar-refractivity contribution in [2.75, 3.05) is 25.0 Å². The molecule has 0 saturated carbocycles. The average molecular weight is 306 g/mol. The summed E-state index contributed by atoms with van der Waals surface area (Å²) in [6.45, 7) is 4.11. The predicted octanol–water partition coefficient (Wildman–Crippen LogP) is 1.94. The van der Waals surface area contributed by atoms with Gasteiger partial charge in [0.05, 0.1) is 11.6 Å². The largest absolute Gasteiger partial charge is 0.360 e. The van der Waals surface area contributed by atoms with E-state index in [-0.39, 0.29) is 5.91 Å². The van der Waals surface area contributed by atoms with Crippen molar-refractivity contribution in [2.45, 2.75) is 19.8 Å². The van der Waals surface area contributed by atoms with Crippen molar-refractivity contribution in [1.82, 2.24) is 15.0 Å². The molecule has 1 N–H and O–H groups in total. The van der Waals surface area contributed by atoms with E-state index in [2.05, 4.69) is 20.4 Å². The van der Waals surface area contributed by atoms with Crippen LogP contribution in [0.15, 0.2) is 22.2 Å². The Morgan fingerprint density at radius 2 is 2.52 bits per heavy atom. The molecule has 1 aliphatic rings. The Morgan fingerprint density at radius 1 is 1.62 bits per heavy atom. The molecule has 0 spiro atoms. The second-order valence-corrected chi connectivity index (χ2v) is 6.37.